The number of hydrogen-bond acceptors (Lipinski definition) is 4. The van der Waals surface area contributed by atoms with Crippen LogP contribution in [0, 0.1) is 5.92 Å². The molecule has 1 amide bonds. The largest absolute Gasteiger partial charge is 0.357 e. The first kappa shape index (κ1) is 14.2. The number of likely N-dealkylation sites (N-methyl/N-ethyl adjacent to an activating group) is 1. The van der Waals surface area contributed by atoms with Crippen molar-refractivity contribution in [2.24, 2.45) is 5.92 Å². The summed E-state index contributed by atoms with van der Waals surface area (Å²) in [6.45, 7) is 6.38. The monoisotopic (exact) mass is 252 g/mol. The van der Waals surface area contributed by atoms with Crippen molar-refractivity contribution in [3.05, 3.63) is 22.7 Å². The van der Waals surface area contributed by atoms with E-state index in [0.29, 0.717) is 12.5 Å². The molecule has 100 valence electrons. The molecule has 0 aliphatic heterocycles. The van der Waals surface area contributed by atoms with Gasteiger partial charge in [0.05, 0.1) is 0 Å². The molecular formula is C12H20N4O2. The van der Waals surface area contributed by atoms with Gasteiger partial charge in [-0.15, -0.1) is 0 Å². The van der Waals surface area contributed by atoms with Crippen LogP contribution in [0.5, 0.6) is 0 Å². The second-order valence-electron chi connectivity index (χ2n) is 4.61. The molecule has 18 heavy (non-hydrogen) atoms. The van der Waals surface area contributed by atoms with E-state index in [1.54, 1.807) is 30.9 Å². The van der Waals surface area contributed by atoms with E-state index in [1.807, 2.05) is 13.8 Å². The van der Waals surface area contributed by atoms with Crippen LogP contribution in [0.4, 0.5) is 5.82 Å². The zero-order valence-electron chi connectivity index (χ0n) is 11.2. The quantitative estimate of drug-likeness (QED) is 0.797. The Morgan fingerprint density at radius 2 is 2.11 bits per heavy atom. The molecule has 1 atom stereocenters. The van der Waals surface area contributed by atoms with Gasteiger partial charge >= 0.3 is 0 Å². The van der Waals surface area contributed by atoms with E-state index in [0.717, 1.165) is 0 Å². The summed E-state index contributed by atoms with van der Waals surface area (Å²) in [6, 6.07) is -0.495. The number of carbonyl (C=O) groups is 1. The Kier molecular flexibility index (Phi) is 4.88. The minimum atomic E-state index is -0.495. The van der Waals surface area contributed by atoms with Crippen LogP contribution < -0.4 is 16.2 Å². The summed E-state index contributed by atoms with van der Waals surface area (Å²) in [6.07, 6.45) is 3.21. The smallest absolute Gasteiger partial charge is 0.293 e. The lowest BCUT2D eigenvalue weighted by Gasteiger charge is -2.14. The lowest BCUT2D eigenvalue weighted by molar-refractivity contribution is -0.121. The van der Waals surface area contributed by atoms with E-state index in [9.17, 15) is 9.59 Å². The maximum atomic E-state index is 12.1. The summed E-state index contributed by atoms with van der Waals surface area (Å²) in [7, 11) is 1.55. The third-order valence-corrected chi connectivity index (χ3v) is 2.47. The Morgan fingerprint density at radius 3 is 2.67 bits per heavy atom. The van der Waals surface area contributed by atoms with Crippen molar-refractivity contribution in [2.75, 3.05) is 12.4 Å². The van der Waals surface area contributed by atoms with Crippen LogP contribution in [0.2, 0.25) is 0 Å². The molecule has 6 nitrogen and oxygen atoms in total. The SMILES string of the molecule is CNC(=O)C(C)Nc1nccn(CC(C)C)c1=O. The molecule has 0 aliphatic rings. The summed E-state index contributed by atoms with van der Waals surface area (Å²) >= 11 is 0. The minimum absolute atomic E-state index is 0.185. The number of amides is 1. The van der Waals surface area contributed by atoms with Crippen LogP contribution in [0.25, 0.3) is 0 Å². The number of carbonyl (C=O) groups excluding carboxylic acids is 1. The first-order valence-electron chi connectivity index (χ1n) is 5.99. The number of hydrogen-bond donors (Lipinski definition) is 2. The molecule has 1 unspecified atom stereocenters. The molecule has 1 aromatic heterocycles. The van der Waals surface area contributed by atoms with Crippen molar-refractivity contribution >= 4 is 11.7 Å². The molecule has 0 bridgehead atoms. The fourth-order valence-electron chi connectivity index (χ4n) is 1.57. The molecular weight excluding hydrogens is 232 g/mol. The molecule has 0 radical (unpaired) electrons. The molecule has 0 saturated heterocycles. The van der Waals surface area contributed by atoms with Crippen molar-refractivity contribution < 1.29 is 4.79 Å². The lowest BCUT2D eigenvalue weighted by atomic mass is 10.2. The van der Waals surface area contributed by atoms with Gasteiger partial charge in [-0.3, -0.25) is 9.59 Å². The molecule has 1 heterocycles. The van der Waals surface area contributed by atoms with E-state index in [4.69, 9.17) is 0 Å². The minimum Gasteiger partial charge on any atom is -0.357 e. The Hall–Kier alpha value is -1.85. The summed E-state index contributed by atoms with van der Waals surface area (Å²) < 4.78 is 1.59. The third-order valence-electron chi connectivity index (χ3n) is 2.47. The highest BCUT2D eigenvalue weighted by molar-refractivity contribution is 5.83. The number of anilines is 1. The van der Waals surface area contributed by atoms with Gasteiger partial charge in [-0.25, -0.2) is 4.98 Å². The second kappa shape index (κ2) is 6.18. The summed E-state index contributed by atoms with van der Waals surface area (Å²) in [5.41, 5.74) is -0.207. The first-order chi connectivity index (χ1) is 8.45. The van der Waals surface area contributed by atoms with Crippen LogP contribution in [0.3, 0.4) is 0 Å². The number of nitrogens with one attached hydrogen (secondary N) is 2. The molecule has 1 rings (SSSR count). The lowest BCUT2D eigenvalue weighted by Crippen LogP contribution is -2.38. The van der Waals surface area contributed by atoms with Gasteiger partial charge in [-0.2, -0.15) is 0 Å². The van der Waals surface area contributed by atoms with E-state index < -0.39 is 6.04 Å². The van der Waals surface area contributed by atoms with Gasteiger partial charge in [-0.05, 0) is 12.8 Å². The standard InChI is InChI=1S/C12H20N4O2/c1-8(2)7-16-6-5-14-10(12(16)18)15-9(3)11(17)13-4/h5-6,8-9H,7H2,1-4H3,(H,13,17)(H,14,15). The Bertz CT molecular complexity index is 467. The second-order valence-corrected chi connectivity index (χ2v) is 4.61. The average Bonchev–Trinajstić information content (AvgIpc) is 2.32. The van der Waals surface area contributed by atoms with Gasteiger partial charge in [0.1, 0.15) is 6.04 Å². The number of aromatic nitrogens is 2. The van der Waals surface area contributed by atoms with Gasteiger partial charge in [0.25, 0.3) is 5.56 Å². The summed E-state index contributed by atoms with van der Waals surface area (Å²) in [5, 5.41) is 5.33. The molecule has 0 saturated carbocycles. The van der Waals surface area contributed by atoms with Crippen LogP contribution >= 0.6 is 0 Å². The van der Waals surface area contributed by atoms with Crippen molar-refractivity contribution in [3.8, 4) is 0 Å². The van der Waals surface area contributed by atoms with E-state index >= 15 is 0 Å². The van der Waals surface area contributed by atoms with Crippen molar-refractivity contribution in [2.45, 2.75) is 33.4 Å². The maximum Gasteiger partial charge on any atom is 0.293 e. The molecule has 1 aromatic rings. The van der Waals surface area contributed by atoms with Gasteiger partial charge < -0.3 is 15.2 Å². The first-order valence-corrected chi connectivity index (χ1v) is 5.99. The predicted molar refractivity (Wildman–Crippen MR) is 70.5 cm³/mol. The molecule has 2 N–H and O–H groups in total. The Balaban J connectivity index is 2.90. The van der Waals surface area contributed by atoms with Gasteiger partial charge in [-0.1, -0.05) is 13.8 Å². The molecule has 6 heteroatoms. The third kappa shape index (κ3) is 3.58. The Labute approximate surface area is 106 Å². The molecule has 0 aliphatic carbocycles. The van der Waals surface area contributed by atoms with E-state index in [-0.39, 0.29) is 17.3 Å². The fraction of sp³-hybridized carbons (Fsp3) is 0.583. The normalized spacial score (nSPS) is 12.3. The van der Waals surface area contributed by atoms with Crippen LogP contribution in [-0.4, -0.2) is 28.5 Å². The van der Waals surface area contributed by atoms with Gasteiger partial charge in [0.15, 0.2) is 5.82 Å². The summed E-state index contributed by atoms with van der Waals surface area (Å²) in [4.78, 5) is 27.4. The van der Waals surface area contributed by atoms with Crippen LogP contribution in [-0.2, 0) is 11.3 Å². The van der Waals surface area contributed by atoms with Crippen LogP contribution in [0.1, 0.15) is 20.8 Å². The average molecular weight is 252 g/mol. The highest BCUT2D eigenvalue weighted by Gasteiger charge is 2.14. The van der Waals surface area contributed by atoms with Gasteiger partial charge in [0, 0.05) is 26.0 Å². The highest BCUT2D eigenvalue weighted by Crippen LogP contribution is 2.00. The summed E-state index contributed by atoms with van der Waals surface area (Å²) in [5.74, 6) is 0.388. The number of rotatable bonds is 5. The predicted octanol–water partition coefficient (Wildman–Crippen LogP) is 0.446. The van der Waals surface area contributed by atoms with Crippen LogP contribution in [0.15, 0.2) is 17.2 Å². The van der Waals surface area contributed by atoms with E-state index in [1.165, 1.54) is 0 Å². The van der Waals surface area contributed by atoms with Gasteiger partial charge in [0.2, 0.25) is 5.91 Å². The highest BCUT2D eigenvalue weighted by atomic mass is 16.2. The van der Waals surface area contributed by atoms with E-state index in [2.05, 4.69) is 15.6 Å². The zero-order chi connectivity index (χ0) is 13.7. The fourth-order valence-corrected chi connectivity index (χ4v) is 1.57. The molecule has 0 spiro atoms. The van der Waals surface area contributed by atoms with Crippen molar-refractivity contribution in [1.82, 2.24) is 14.9 Å². The van der Waals surface area contributed by atoms with Crippen molar-refractivity contribution in [3.63, 3.8) is 0 Å². The van der Waals surface area contributed by atoms with Crippen molar-refractivity contribution in [1.29, 1.82) is 0 Å². The topological polar surface area (TPSA) is 76.0 Å². The number of nitrogens with zero attached hydrogens (tertiary/aromatic N) is 2. The maximum absolute atomic E-state index is 12.1. The Morgan fingerprint density at radius 1 is 1.44 bits per heavy atom. The molecule has 0 fully saturated rings. The zero-order valence-corrected chi connectivity index (χ0v) is 11.2. The molecule has 0 aromatic carbocycles.